The highest BCUT2D eigenvalue weighted by molar-refractivity contribution is 6.07. The van der Waals surface area contributed by atoms with Crippen LogP contribution in [-0.2, 0) is 68.1 Å². The number of fused-ring (bicyclic) bond motifs is 3. The Morgan fingerprint density at radius 2 is 1.00 bits per heavy atom. The molecule has 0 spiro atoms. The number of aryl methyl sites for hydroxylation is 1. The van der Waals surface area contributed by atoms with Crippen LogP contribution in [-0.4, -0.2) is 217 Å². The van der Waals surface area contributed by atoms with Gasteiger partial charge in [-0.15, -0.1) is 0 Å². The predicted octanol–water partition coefficient (Wildman–Crippen LogP) is 4.91. The van der Waals surface area contributed by atoms with Gasteiger partial charge in [0, 0.05) is 56.3 Å². The number of aromatic amines is 1. The van der Waals surface area contributed by atoms with Crippen LogP contribution in [0.1, 0.15) is 32.0 Å². The van der Waals surface area contributed by atoms with E-state index in [9.17, 15) is 22.4 Å². The van der Waals surface area contributed by atoms with E-state index in [1.165, 1.54) is 5.69 Å². The van der Waals surface area contributed by atoms with E-state index in [1.54, 1.807) is 0 Å². The summed E-state index contributed by atoms with van der Waals surface area (Å²) in [4.78, 5) is 29.5. The molecule has 1 aliphatic heterocycles. The van der Waals surface area contributed by atoms with Gasteiger partial charge in [-0.05, 0) is 24.6 Å². The average molecular weight is 1070 g/mol. The highest BCUT2D eigenvalue weighted by Crippen LogP contribution is 2.31. The summed E-state index contributed by atoms with van der Waals surface area (Å²) in [7, 11) is 0. The lowest BCUT2D eigenvalue weighted by Gasteiger charge is -2.36. The minimum atomic E-state index is -1.80. The first kappa shape index (κ1) is 61.4. The maximum absolute atomic E-state index is 13.6. The van der Waals surface area contributed by atoms with E-state index in [4.69, 9.17) is 67.6 Å². The third-order valence-corrected chi connectivity index (χ3v) is 11.4. The van der Waals surface area contributed by atoms with Crippen LogP contribution in [0.4, 0.5) is 29.1 Å². The Morgan fingerprint density at radius 3 is 1.44 bits per heavy atom. The van der Waals surface area contributed by atoms with Crippen molar-refractivity contribution in [2.45, 2.75) is 32.6 Å². The third kappa shape index (κ3) is 23.8. The molecule has 1 saturated heterocycles. The molecule has 422 valence electrons. The summed E-state index contributed by atoms with van der Waals surface area (Å²) >= 11 is 0. The van der Waals surface area contributed by atoms with Gasteiger partial charge in [0.1, 0.15) is 11.3 Å². The van der Waals surface area contributed by atoms with Crippen LogP contribution in [0.25, 0.3) is 21.9 Å². The maximum atomic E-state index is 13.6. The number of piperazine rings is 1. The lowest BCUT2D eigenvalue weighted by Crippen LogP contribution is -2.47. The number of benzene rings is 2. The van der Waals surface area contributed by atoms with Crippen LogP contribution in [0.3, 0.4) is 0 Å². The highest BCUT2D eigenvalue weighted by Gasteiger charge is 2.23. The first-order valence-corrected chi connectivity index (χ1v) is 25.8. The number of halogens is 4. The summed E-state index contributed by atoms with van der Waals surface area (Å²) in [5, 5.41) is 1.06. The van der Waals surface area contributed by atoms with E-state index in [0.717, 1.165) is 79.7 Å². The highest BCUT2D eigenvalue weighted by atomic mass is 19.2. The molecule has 1 aliphatic rings. The van der Waals surface area contributed by atoms with E-state index in [1.807, 2.05) is 0 Å². The number of nitrogen functional groups attached to an aromatic ring is 1. The number of ether oxygens (including phenoxy) is 13. The number of anilines is 2. The predicted molar refractivity (Wildman–Crippen MR) is 269 cm³/mol. The fourth-order valence-corrected chi connectivity index (χ4v) is 7.37. The van der Waals surface area contributed by atoms with Crippen molar-refractivity contribution in [3.05, 3.63) is 53.4 Å². The molecule has 0 aliphatic carbocycles. The summed E-state index contributed by atoms with van der Waals surface area (Å²) < 4.78 is 124. The molecule has 3 heterocycles. The van der Waals surface area contributed by atoms with Gasteiger partial charge < -0.3 is 77.2 Å². The van der Waals surface area contributed by atoms with Gasteiger partial charge in [0.15, 0.2) is 17.5 Å². The van der Waals surface area contributed by atoms with Crippen molar-refractivity contribution < 1.29 is 83.9 Å². The van der Waals surface area contributed by atoms with Gasteiger partial charge in [-0.1, -0.05) is 13.3 Å². The quantitative estimate of drug-likeness (QED) is 0.0198. The van der Waals surface area contributed by atoms with Crippen molar-refractivity contribution in [1.29, 1.82) is 0 Å². The smallest absolute Gasteiger partial charge is 0.313 e. The lowest BCUT2D eigenvalue weighted by atomic mass is 10.1. The van der Waals surface area contributed by atoms with E-state index in [2.05, 4.69) is 49.6 Å². The Hall–Kier alpha value is -4.41. The topological polar surface area (TPSA) is 211 Å². The number of aromatic nitrogens is 3. The van der Waals surface area contributed by atoms with Gasteiger partial charge in [-0.2, -0.15) is 8.78 Å². The van der Waals surface area contributed by atoms with Gasteiger partial charge in [-0.25, -0.2) is 18.7 Å². The summed E-state index contributed by atoms with van der Waals surface area (Å²) in [5.74, 6) is -8.06. The van der Waals surface area contributed by atoms with E-state index in [0.29, 0.717) is 145 Å². The van der Waals surface area contributed by atoms with Crippen molar-refractivity contribution in [3.63, 3.8) is 0 Å². The van der Waals surface area contributed by atoms with Crippen LogP contribution in [0.5, 0.6) is 5.75 Å². The zero-order chi connectivity index (χ0) is 53.1. The zero-order valence-electron chi connectivity index (χ0n) is 43.2. The summed E-state index contributed by atoms with van der Waals surface area (Å²) in [6, 6.07) is 6.42. The molecule has 4 aromatic rings. The minimum Gasteiger partial charge on any atom is -0.420 e. The molecular formula is C51H76F4N6O14. The molecule has 2 aromatic carbocycles. The number of pyridine rings is 1. The second-order valence-electron chi connectivity index (χ2n) is 16.9. The number of carbonyl (C=O) groups excluding carboxylic acids is 1. The first-order chi connectivity index (χ1) is 36.7. The number of nitrogens with one attached hydrogen (secondary N) is 1. The molecule has 0 saturated carbocycles. The Balaban J connectivity index is 0.680. The normalized spacial score (nSPS) is 13.3. The van der Waals surface area contributed by atoms with Gasteiger partial charge in [-0.3, -0.25) is 9.69 Å². The van der Waals surface area contributed by atoms with Gasteiger partial charge in [0.05, 0.1) is 176 Å². The number of esters is 1. The number of hydrogen-bond donors (Lipinski definition) is 2. The fraction of sp³-hybridized carbons (Fsp3) is 0.667. The number of nitrogens with zero attached hydrogens (tertiary/aromatic N) is 4. The number of rotatable bonds is 44. The minimum absolute atomic E-state index is 0.0193. The van der Waals surface area contributed by atoms with Gasteiger partial charge in [0.25, 0.3) is 0 Å². The molecule has 24 heteroatoms. The van der Waals surface area contributed by atoms with E-state index < -0.39 is 41.4 Å². The summed E-state index contributed by atoms with van der Waals surface area (Å²) in [6.45, 7) is 16.6. The van der Waals surface area contributed by atoms with Crippen molar-refractivity contribution in [2.75, 3.05) is 202 Å². The maximum Gasteiger partial charge on any atom is 0.313 e. The largest absolute Gasteiger partial charge is 0.420 e. The molecular weight excluding hydrogens is 997 g/mol. The van der Waals surface area contributed by atoms with Gasteiger partial charge >= 0.3 is 5.97 Å². The lowest BCUT2D eigenvalue weighted by molar-refractivity contribution is -0.136. The Morgan fingerprint density at radius 1 is 0.573 bits per heavy atom. The second kappa shape index (κ2) is 37.4. The van der Waals surface area contributed by atoms with Crippen molar-refractivity contribution >= 4 is 39.4 Å². The summed E-state index contributed by atoms with van der Waals surface area (Å²) in [5.41, 5.74) is 10.1. The van der Waals surface area contributed by atoms with Crippen LogP contribution < -0.4 is 15.4 Å². The number of unbranched alkanes of at least 4 members (excludes halogenated alkanes) is 1. The molecule has 0 radical (unpaired) electrons. The molecule has 0 amide bonds. The Bertz CT molecular complexity index is 2170. The number of nitrogens with two attached hydrogens (primary N) is 1. The number of H-pyrrole nitrogens is 1. The molecule has 75 heavy (non-hydrogen) atoms. The second-order valence-corrected chi connectivity index (χ2v) is 16.9. The molecule has 0 unspecified atom stereocenters. The van der Waals surface area contributed by atoms with E-state index >= 15 is 0 Å². The number of carbonyl (C=O) groups is 1. The van der Waals surface area contributed by atoms with Crippen LogP contribution in [0, 0.1) is 23.3 Å². The Labute approximate surface area is 435 Å². The average Bonchev–Trinajstić information content (AvgIpc) is 3.86. The van der Waals surface area contributed by atoms with Crippen molar-refractivity contribution in [1.82, 2.24) is 19.9 Å². The molecule has 0 bridgehead atoms. The van der Waals surface area contributed by atoms with Crippen molar-refractivity contribution in [3.8, 4) is 5.75 Å². The van der Waals surface area contributed by atoms with E-state index in [-0.39, 0.29) is 25.9 Å². The molecule has 1 fully saturated rings. The van der Waals surface area contributed by atoms with Crippen LogP contribution in [0.2, 0.25) is 0 Å². The molecule has 5 rings (SSSR count). The van der Waals surface area contributed by atoms with Crippen LogP contribution in [0.15, 0.2) is 24.3 Å². The first-order valence-electron chi connectivity index (χ1n) is 25.8. The number of imidazole rings is 1. The van der Waals surface area contributed by atoms with Crippen molar-refractivity contribution in [2.24, 2.45) is 0 Å². The Kier molecular flexibility index (Phi) is 30.6. The monoisotopic (exact) mass is 1070 g/mol. The number of hydrogen-bond acceptors (Lipinski definition) is 19. The summed E-state index contributed by atoms with van der Waals surface area (Å²) in [6.07, 6.45) is 2.69. The molecule has 2 aromatic heterocycles. The van der Waals surface area contributed by atoms with Gasteiger partial charge in [0.2, 0.25) is 17.4 Å². The third-order valence-electron chi connectivity index (χ3n) is 11.4. The fourth-order valence-electron chi connectivity index (χ4n) is 7.37. The van der Waals surface area contributed by atoms with Crippen LogP contribution >= 0.6 is 0 Å². The SMILES string of the molecule is CCCCc1nc2c(N)nc3ccc(N4CCN(CCOCCOCCOCCOCCOCCOCCOCCOCCOCCOCCOCCOCCC(=O)Oc5c(F)c(F)cc(F)c5F)CC4)cc3c2[nH]1. The molecule has 0 atom stereocenters. The zero-order valence-corrected chi connectivity index (χ0v) is 43.2. The molecule has 3 N–H and O–H groups in total. The standard InChI is InChI=1S/C51H76F4N6O14/c1-2-3-4-44-58-48-40-37-39(5-6-43(40)57-51(56)49(48)59-44)61-10-8-60(9-11-61)12-14-64-16-18-66-20-22-68-24-26-70-28-30-72-32-34-74-36-35-73-33-31-71-29-27-69-25-23-67-21-19-65-17-15-63-13-7-45(62)75-50-46(54)41(52)38-42(53)47(50)55/h5-6,37-38H,2-4,7-36H2,1H3,(H2,56,57)(H,58,59). The molecule has 20 nitrogen and oxygen atoms in total.